The molecule has 1 aliphatic heterocycles. The molecule has 144 valence electrons. The molecule has 1 amide bonds. The van der Waals surface area contributed by atoms with E-state index >= 15 is 0 Å². The summed E-state index contributed by atoms with van der Waals surface area (Å²) < 4.78 is 46.1. The van der Waals surface area contributed by atoms with Gasteiger partial charge in [0, 0.05) is 12.0 Å². The van der Waals surface area contributed by atoms with Crippen molar-refractivity contribution in [1.29, 1.82) is 0 Å². The van der Waals surface area contributed by atoms with Gasteiger partial charge >= 0.3 is 6.18 Å². The number of carbonyl (C=O) groups is 1. The highest BCUT2D eigenvalue weighted by molar-refractivity contribution is 5.92. The van der Waals surface area contributed by atoms with Crippen molar-refractivity contribution in [3.63, 3.8) is 0 Å². The van der Waals surface area contributed by atoms with E-state index in [-0.39, 0.29) is 17.4 Å². The highest BCUT2D eigenvalue weighted by atomic mass is 19.4. The first-order chi connectivity index (χ1) is 13.4. The molecule has 1 atom stereocenters. The maximum absolute atomic E-state index is 13.2. The third kappa shape index (κ3) is 3.42. The Labute approximate surface area is 157 Å². The molecule has 0 unspecified atom stereocenters. The number of halogens is 3. The molecule has 2 aromatic carbocycles. The molecular formula is C19H15F3N4O2. The van der Waals surface area contributed by atoms with Crippen LogP contribution in [0.1, 0.15) is 34.1 Å². The molecule has 2 heterocycles. The Morgan fingerprint density at radius 2 is 1.89 bits per heavy atom. The van der Waals surface area contributed by atoms with Crippen molar-refractivity contribution in [2.45, 2.75) is 18.6 Å². The number of aromatic nitrogens is 3. The molecule has 0 fully saturated rings. The van der Waals surface area contributed by atoms with Crippen LogP contribution in [0.3, 0.4) is 0 Å². The van der Waals surface area contributed by atoms with Crippen molar-refractivity contribution in [2.24, 2.45) is 0 Å². The Kier molecular flexibility index (Phi) is 4.50. The van der Waals surface area contributed by atoms with Gasteiger partial charge in [-0.2, -0.15) is 13.2 Å². The van der Waals surface area contributed by atoms with E-state index in [0.29, 0.717) is 18.8 Å². The van der Waals surface area contributed by atoms with Crippen LogP contribution in [0.4, 0.5) is 13.2 Å². The van der Waals surface area contributed by atoms with E-state index in [1.165, 1.54) is 24.4 Å². The van der Waals surface area contributed by atoms with Crippen LogP contribution in [0.25, 0.3) is 5.69 Å². The van der Waals surface area contributed by atoms with Gasteiger partial charge in [-0.3, -0.25) is 4.79 Å². The van der Waals surface area contributed by atoms with Crippen LogP contribution in [0.2, 0.25) is 0 Å². The molecular weight excluding hydrogens is 373 g/mol. The number of hydrogen-bond acceptors (Lipinski definition) is 4. The first kappa shape index (κ1) is 18.0. The molecule has 0 spiro atoms. The summed E-state index contributed by atoms with van der Waals surface area (Å²) in [4.78, 5) is 12.6. The van der Waals surface area contributed by atoms with E-state index in [9.17, 15) is 18.0 Å². The zero-order chi connectivity index (χ0) is 19.7. The van der Waals surface area contributed by atoms with Crippen LogP contribution >= 0.6 is 0 Å². The number of nitrogens with one attached hydrogen (secondary N) is 1. The molecule has 0 bridgehead atoms. The molecule has 6 nitrogen and oxygen atoms in total. The van der Waals surface area contributed by atoms with Gasteiger partial charge in [0.25, 0.3) is 5.91 Å². The minimum Gasteiger partial charge on any atom is -0.493 e. The predicted octanol–water partition coefficient (Wildman–Crippen LogP) is 3.54. The molecule has 9 heteroatoms. The lowest BCUT2D eigenvalue weighted by atomic mass is 10.0. The van der Waals surface area contributed by atoms with Crippen molar-refractivity contribution in [2.75, 3.05) is 6.61 Å². The Bertz CT molecular complexity index is 1020. The molecule has 1 aromatic heterocycles. The van der Waals surface area contributed by atoms with Gasteiger partial charge in [0.05, 0.1) is 30.1 Å². The Morgan fingerprint density at radius 1 is 1.14 bits per heavy atom. The molecule has 0 radical (unpaired) electrons. The number of rotatable bonds is 3. The largest absolute Gasteiger partial charge is 0.493 e. The Balaban J connectivity index is 1.57. The molecule has 4 rings (SSSR count). The lowest BCUT2D eigenvalue weighted by Crippen LogP contribution is -2.32. The molecule has 0 saturated heterocycles. The minimum atomic E-state index is -4.54. The van der Waals surface area contributed by atoms with Crippen LogP contribution < -0.4 is 10.1 Å². The zero-order valence-corrected chi connectivity index (χ0v) is 14.5. The summed E-state index contributed by atoms with van der Waals surface area (Å²) in [5.74, 6) is 0.180. The second-order valence-electron chi connectivity index (χ2n) is 6.26. The van der Waals surface area contributed by atoms with E-state index < -0.39 is 17.6 Å². The normalized spacial score (nSPS) is 16.2. The summed E-state index contributed by atoms with van der Waals surface area (Å²) in [5, 5.41) is 10.3. The first-order valence-electron chi connectivity index (χ1n) is 8.55. The standard InChI is InChI=1S/C19H15F3N4O2/c20-19(21,22)13-6-2-3-7-16(13)26-11-15(24-25-26)18(27)23-14-9-10-28-17-8-4-1-5-12(14)17/h1-8,11,14H,9-10H2,(H,23,27)/t14-/m0/s1. The third-order valence-electron chi connectivity index (χ3n) is 4.45. The van der Waals surface area contributed by atoms with Gasteiger partial charge in [-0.1, -0.05) is 35.5 Å². The number of nitrogens with zero attached hydrogens (tertiary/aromatic N) is 3. The van der Waals surface area contributed by atoms with Crippen LogP contribution in [-0.2, 0) is 6.18 Å². The van der Waals surface area contributed by atoms with Gasteiger partial charge in [0.15, 0.2) is 5.69 Å². The maximum atomic E-state index is 13.2. The van der Waals surface area contributed by atoms with Gasteiger partial charge in [-0.25, -0.2) is 4.68 Å². The molecule has 1 N–H and O–H groups in total. The predicted molar refractivity (Wildman–Crippen MR) is 93.1 cm³/mol. The quantitative estimate of drug-likeness (QED) is 0.745. The van der Waals surface area contributed by atoms with Crippen LogP contribution in [0, 0.1) is 0 Å². The number of ether oxygens (including phenoxy) is 1. The lowest BCUT2D eigenvalue weighted by Gasteiger charge is -2.26. The number of fused-ring (bicyclic) bond motifs is 1. The van der Waals surface area contributed by atoms with Crippen LogP contribution in [0.5, 0.6) is 5.75 Å². The van der Waals surface area contributed by atoms with E-state index in [1.54, 1.807) is 0 Å². The number of alkyl halides is 3. The van der Waals surface area contributed by atoms with Gasteiger partial charge in [-0.15, -0.1) is 5.10 Å². The van der Waals surface area contributed by atoms with Crippen LogP contribution in [-0.4, -0.2) is 27.5 Å². The third-order valence-corrected chi connectivity index (χ3v) is 4.45. The van der Waals surface area contributed by atoms with Gasteiger partial charge < -0.3 is 10.1 Å². The molecule has 0 saturated carbocycles. The minimum absolute atomic E-state index is 0.0686. The van der Waals surface area contributed by atoms with Gasteiger partial charge in [-0.05, 0) is 18.2 Å². The molecule has 1 aliphatic rings. The van der Waals surface area contributed by atoms with E-state index in [2.05, 4.69) is 15.6 Å². The second kappa shape index (κ2) is 6.99. The van der Waals surface area contributed by atoms with Crippen molar-refractivity contribution in [1.82, 2.24) is 20.3 Å². The van der Waals surface area contributed by atoms with E-state index in [4.69, 9.17) is 4.74 Å². The van der Waals surface area contributed by atoms with Crippen molar-refractivity contribution >= 4 is 5.91 Å². The fraction of sp³-hybridized carbons (Fsp3) is 0.211. The summed E-state index contributed by atoms with van der Waals surface area (Å²) in [5.41, 5.74) is -0.277. The molecule has 3 aromatic rings. The average molecular weight is 388 g/mol. The summed E-state index contributed by atoms with van der Waals surface area (Å²) in [6.45, 7) is 0.452. The van der Waals surface area contributed by atoms with Crippen molar-refractivity contribution < 1.29 is 22.7 Å². The fourth-order valence-corrected chi connectivity index (χ4v) is 3.12. The van der Waals surface area contributed by atoms with E-state index in [1.807, 2.05) is 24.3 Å². The molecule has 28 heavy (non-hydrogen) atoms. The fourth-order valence-electron chi connectivity index (χ4n) is 3.12. The number of hydrogen-bond donors (Lipinski definition) is 1. The van der Waals surface area contributed by atoms with Crippen LogP contribution in [0.15, 0.2) is 54.7 Å². The number of para-hydroxylation sites is 2. The monoisotopic (exact) mass is 388 g/mol. The van der Waals surface area contributed by atoms with E-state index in [0.717, 1.165) is 16.3 Å². The van der Waals surface area contributed by atoms with Gasteiger partial charge in [0.2, 0.25) is 0 Å². The average Bonchev–Trinajstić information content (AvgIpc) is 3.18. The first-order valence-corrected chi connectivity index (χ1v) is 8.55. The smallest absolute Gasteiger partial charge is 0.418 e. The second-order valence-corrected chi connectivity index (χ2v) is 6.26. The highest BCUT2D eigenvalue weighted by Gasteiger charge is 2.34. The number of amides is 1. The lowest BCUT2D eigenvalue weighted by molar-refractivity contribution is -0.137. The van der Waals surface area contributed by atoms with Crippen molar-refractivity contribution in [3.05, 3.63) is 71.5 Å². The zero-order valence-electron chi connectivity index (χ0n) is 14.5. The summed E-state index contributed by atoms with van der Waals surface area (Å²) in [6, 6.07) is 12.1. The topological polar surface area (TPSA) is 69.0 Å². The summed E-state index contributed by atoms with van der Waals surface area (Å²) in [7, 11) is 0. The molecule has 0 aliphatic carbocycles. The summed E-state index contributed by atoms with van der Waals surface area (Å²) >= 11 is 0. The highest BCUT2D eigenvalue weighted by Crippen LogP contribution is 2.34. The van der Waals surface area contributed by atoms with Crippen molar-refractivity contribution in [3.8, 4) is 11.4 Å². The Hall–Kier alpha value is -3.36. The SMILES string of the molecule is O=C(N[C@H]1CCOc2ccccc21)c1cn(-c2ccccc2C(F)(F)F)nn1. The number of benzene rings is 2. The maximum Gasteiger partial charge on any atom is 0.418 e. The number of carbonyl (C=O) groups excluding carboxylic acids is 1. The summed E-state index contributed by atoms with van der Waals surface area (Å²) in [6.07, 6.45) is -2.78. The Morgan fingerprint density at radius 3 is 2.71 bits per heavy atom. The van der Waals surface area contributed by atoms with Gasteiger partial charge in [0.1, 0.15) is 5.75 Å².